The second-order valence-corrected chi connectivity index (χ2v) is 8.69. The van der Waals surface area contributed by atoms with Crippen LogP contribution < -0.4 is 21.1 Å². The van der Waals surface area contributed by atoms with E-state index in [0.717, 1.165) is 0 Å². The van der Waals surface area contributed by atoms with Crippen molar-refractivity contribution in [2.24, 2.45) is 5.41 Å². The van der Waals surface area contributed by atoms with E-state index in [1.807, 2.05) is 0 Å². The van der Waals surface area contributed by atoms with Crippen LogP contribution in [0.2, 0.25) is 0 Å². The Balaban J connectivity index is 1.28. The van der Waals surface area contributed by atoms with Gasteiger partial charge < -0.3 is 26.2 Å². The molecular weight excluding hydrogens is 479 g/mol. The Bertz CT molecular complexity index is 1530. The number of benzene rings is 3. The minimum atomic E-state index is -1.18. The number of rotatable bonds is 7. The highest BCUT2D eigenvalue weighted by Gasteiger charge is 2.56. The Kier molecular flexibility index (Phi) is 5.92. The van der Waals surface area contributed by atoms with Gasteiger partial charge >= 0.3 is 5.97 Å². The first-order chi connectivity index (χ1) is 17.7. The van der Waals surface area contributed by atoms with Gasteiger partial charge in [0.2, 0.25) is 11.8 Å². The molecule has 1 heterocycles. The molecule has 10 heteroatoms. The van der Waals surface area contributed by atoms with Gasteiger partial charge in [-0.3, -0.25) is 14.6 Å². The minimum Gasteiger partial charge on any atom is -0.478 e. The highest BCUT2D eigenvalue weighted by atomic mass is 19.1. The molecule has 1 aliphatic rings. The molecule has 1 aromatic heterocycles. The quantitative estimate of drug-likeness (QED) is 0.211. The van der Waals surface area contributed by atoms with E-state index in [2.05, 4.69) is 15.6 Å². The van der Waals surface area contributed by atoms with Crippen LogP contribution in [0.1, 0.15) is 23.2 Å². The second kappa shape index (κ2) is 9.23. The summed E-state index contributed by atoms with van der Waals surface area (Å²) < 4.78 is 19.0. The highest BCUT2D eigenvalue weighted by Crippen LogP contribution is 2.47. The summed E-state index contributed by atoms with van der Waals surface area (Å²) in [6, 6.07) is 16.4. The summed E-state index contributed by atoms with van der Waals surface area (Å²) in [5.74, 6) is -1.62. The summed E-state index contributed by atoms with van der Waals surface area (Å²) in [4.78, 5) is 41.3. The van der Waals surface area contributed by atoms with E-state index in [9.17, 15) is 23.9 Å². The van der Waals surface area contributed by atoms with Gasteiger partial charge in [0.1, 0.15) is 22.7 Å². The molecule has 5 N–H and O–H groups in total. The van der Waals surface area contributed by atoms with Crippen LogP contribution in [0.5, 0.6) is 11.5 Å². The van der Waals surface area contributed by atoms with Gasteiger partial charge in [-0.25, -0.2) is 9.18 Å². The average Bonchev–Trinajstić information content (AvgIpc) is 3.69. The lowest BCUT2D eigenvalue weighted by Crippen LogP contribution is -2.35. The number of nitrogens with two attached hydrogens (primary N) is 1. The van der Waals surface area contributed by atoms with E-state index in [-0.39, 0.29) is 11.3 Å². The number of carbonyl (C=O) groups excluding carboxylic acids is 2. The molecule has 37 heavy (non-hydrogen) atoms. The molecule has 0 atom stereocenters. The van der Waals surface area contributed by atoms with Crippen molar-refractivity contribution < 1.29 is 28.6 Å². The van der Waals surface area contributed by atoms with Crippen molar-refractivity contribution in [3.05, 3.63) is 84.3 Å². The molecule has 2 amide bonds. The first kappa shape index (κ1) is 23.7. The van der Waals surface area contributed by atoms with Crippen LogP contribution >= 0.6 is 0 Å². The van der Waals surface area contributed by atoms with Crippen molar-refractivity contribution in [2.75, 3.05) is 16.4 Å². The van der Waals surface area contributed by atoms with Gasteiger partial charge in [-0.2, -0.15) is 0 Å². The number of aromatic nitrogens is 1. The van der Waals surface area contributed by atoms with Gasteiger partial charge in [0.25, 0.3) is 0 Å². The normalized spacial score (nSPS) is 13.5. The molecule has 0 aliphatic heterocycles. The lowest BCUT2D eigenvalue weighted by Gasteiger charge is -2.16. The number of halogens is 1. The number of pyridine rings is 1. The van der Waals surface area contributed by atoms with Gasteiger partial charge in [-0.1, -0.05) is 0 Å². The molecule has 1 fully saturated rings. The van der Waals surface area contributed by atoms with Crippen molar-refractivity contribution in [1.29, 1.82) is 0 Å². The first-order valence-electron chi connectivity index (χ1n) is 11.3. The molecule has 0 bridgehead atoms. The number of nitrogens with one attached hydrogen (secondary N) is 2. The lowest BCUT2D eigenvalue weighted by molar-refractivity contribution is -0.131. The number of anilines is 3. The van der Waals surface area contributed by atoms with E-state index < -0.39 is 29.0 Å². The Morgan fingerprint density at radius 3 is 2.08 bits per heavy atom. The van der Waals surface area contributed by atoms with E-state index in [1.54, 1.807) is 30.3 Å². The largest absolute Gasteiger partial charge is 0.478 e. The van der Waals surface area contributed by atoms with Crippen LogP contribution in [0.3, 0.4) is 0 Å². The number of hydrogen-bond acceptors (Lipinski definition) is 6. The number of amides is 2. The zero-order valence-electron chi connectivity index (χ0n) is 19.3. The number of carbonyl (C=O) groups is 3. The number of fused-ring (bicyclic) bond motifs is 1. The van der Waals surface area contributed by atoms with Crippen LogP contribution in [-0.4, -0.2) is 27.9 Å². The predicted molar refractivity (Wildman–Crippen MR) is 135 cm³/mol. The SMILES string of the molecule is Nc1cc2nccc(Oc3ccc(NC(=O)C4(C(=O)Nc5ccc(F)cc5)CC4)cc3)c2cc1C(=O)O. The number of nitrogen functional groups attached to an aromatic ring is 1. The summed E-state index contributed by atoms with van der Waals surface area (Å²) in [6.45, 7) is 0. The van der Waals surface area contributed by atoms with E-state index in [0.29, 0.717) is 46.6 Å². The molecular formula is C27H21FN4O5. The van der Waals surface area contributed by atoms with Gasteiger partial charge in [-0.15, -0.1) is 0 Å². The third-order valence-corrected chi connectivity index (χ3v) is 6.16. The van der Waals surface area contributed by atoms with E-state index in [4.69, 9.17) is 10.5 Å². The zero-order chi connectivity index (χ0) is 26.2. The smallest absolute Gasteiger partial charge is 0.337 e. The van der Waals surface area contributed by atoms with Gasteiger partial charge in [0, 0.05) is 28.6 Å². The van der Waals surface area contributed by atoms with E-state index >= 15 is 0 Å². The molecule has 3 aromatic carbocycles. The molecule has 0 saturated heterocycles. The Labute approximate surface area is 210 Å². The average molecular weight is 500 g/mol. The fourth-order valence-corrected chi connectivity index (χ4v) is 3.91. The maximum absolute atomic E-state index is 13.1. The van der Waals surface area contributed by atoms with Crippen molar-refractivity contribution in [1.82, 2.24) is 4.98 Å². The van der Waals surface area contributed by atoms with Crippen LogP contribution in [0.4, 0.5) is 21.5 Å². The molecule has 1 saturated carbocycles. The lowest BCUT2D eigenvalue weighted by atomic mass is 10.0. The highest BCUT2D eigenvalue weighted by molar-refractivity contribution is 6.16. The third kappa shape index (κ3) is 4.76. The number of ether oxygens (including phenoxy) is 1. The van der Waals surface area contributed by atoms with Crippen LogP contribution in [0, 0.1) is 11.2 Å². The predicted octanol–water partition coefficient (Wildman–Crippen LogP) is 4.80. The summed E-state index contributed by atoms with van der Waals surface area (Å²) in [5.41, 5.74) is 6.04. The standard InChI is InChI=1S/C27H21FN4O5/c28-15-1-3-16(4-2-15)31-25(35)27(10-11-27)26(36)32-17-5-7-18(8-6-17)37-23-9-12-30-22-14-21(29)19(24(33)34)13-20(22)23/h1-9,12-14H,10-11,29H2,(H,31,35)(H,32,36)(H,33,34). The summed E-state index contributed by atoms with van der Waals surface area (Å²) >= 11 is 0. The van der Waals surface area contributed by atoms with Crippen molar-refractivity contribution in [3.63, 3.8) is 0 Å². The molecule has 0 unspecified atom stereocenters. The monoisotopic (exact) mass is 500 g/mol. The van der Waals surface area contributed by atoms with E-state index in [1.165, 1.54) is 42.6 Å². The molecule has 1 aliphatic carbocycles. The Morgan fingerprint density at radius 1 is 0.919 bits per heavy atom. The molecule has 186 valence electrons. The second-order valence-electron chi connectivity index (χ2n) is 8.69. The number of carboxylic acid groups (broad SMARTS) is 1. The van der Waals surface area contributed by atoms with Crippen LogP contribution in [-0.2, 0) is 9.59 Å². The number of carboxylic acids is 1. The Hall–Kier alpha value is -4.99. The maximum atomic E-state index is 13.1. The summed E-state index contributed by atoms with van der Waals surface area (Å²) in [5, 5.41) is 15.3. The molecule has 9 nitrogen and oxygen atoms in total. The summed E-state index contributed by atoms with van der Waals surface area (Å²) in [7, 11) is 0. The minimum absolute atomic E-state index is 0.0547. The van der Waals surface area contributed by atoms with Gasteiger partial charge in [0.05, 0.1) is 11.1 Å². The first-order valence-corrected chi connectivity index (χ1v) is 11.3. The van der Waals surface area contributed by atoms with Crippen LogP contribution in [0.25, 0.3) is 10.9 Å². The zero-order valence-corrected chi connectivity index (χ0v) is 19.3. The van der Waals surface area contributed by atoms with Gasteiger partial charge in [0.15, 0.2) is 0 Å². The maximum Gasteiger partial charge on any atom is 0.337 e. The van der Waals surface area contributed by atoms with Crippen molar-refractivity contribution >= 4 is 45.7 Å². The van der Waals surface area contributed by atoms with Crippen molar-refractivity contribution in [3.8, 4) is 11.5 Å². The molecule has 0 radical (unpaired) electrons. The molecule has 5 rings (SSSR count). The molecule has 0 spiro atoms. The Morgan fingerprint density at radius 2 is 1.51 bits per heavy atom. The van der Waals surface area contributed by atoms with Crippen molar-refractivity contribution in [2.45, 2.75) is 12.8 Å². The number of aromatic carboxylic acids is 1. The fraction of sp³-hybridized carbons (Fsp3) is 0.111. The fourth-order valence-electron chi connectivity index (χ4n) is 3.91. The van der Waals surface area contributed by atoms with Crippen LogP contribution in [0.15, 0.2) is 72.9 Å². The third-order valence-electron chi connectivity index (χ3n) is 6.16. The number of hydrogen-bond donors (Lipinski definition) is 4. The number of nitrogens with zero attached hydrogens (tertiary/aromatic N) is 1. The van der Waals surface area contributed by atoms with Gasteiger partial charge in [-0.05, 0) is 79.6 Å². The summed E-state index contributed by atoms with van der Waals surface area (Å²) in [6.07, 6.45) is 2.34. The molecule has 4 aromatic rings. The topological polar surface area (TPSA) is 144 Å².